The molecule has 0 aliphatic carbocycles. The van der Waals surface area contributed by atoms with Crippen molar-refractivity contribution in [2.24, 2.45) is 4.99 Å². The molecule has 1 rings (SSSR count). The van der Waals surface area contributed by atoms with E-state index in [2.05, 4.69) is 34.5 Å². The fourth-order valence-electron chi connectivity index (χ4n) is 1.75. The third kappa shape index (κ3) is 5.57. The van der Waals surface area contributed by atoms with Gasteiger partial charge in [-0.05, 0) is 37.7 Å². The topological polar surface area (TPSA) is 39.7 Å². The highest BCUT2D eigenvalue weighted by Gasteiger charge is 2.01. The Morgan fingerprint density at radius 1 is 1.35 bits per heavy atom. The normalized spacial score (nSPS) is 11.8. The molecule has 0 radical (unpaired) electrons. The first-order valence-electron chi connectivity index (χ1n) is 6.95. The van der Waals surface area contributed by atoms with Gasteiger partial charge in [0.05, 0.1) is 0 Å². The van der Waals surface area contributed by atoms with Gasteiger partial charge in [0.1, 0.15) is 5.82 Å². The van der Waals surface area contributed by atoms with Gasteiger partial charge in [-0.25, -0.2) is 4.39 Å². The molecule has 0 unspecified atom stereocenters. The van der Waals surface area contributed by atoms with Crippen LogP contribution in [0, 0.1) is 12.7 Å². The summed E-state index contributed by atoms with van der Waals surface area (Å²) in [4.78, 5) is 6.39. The first-order chi connectivity index (χ1) is 9.56. The summed E-state index contributed by atoms with van der Waals surface area (Å²) in [6, 6.07) is 5.13. The smallest absolute Gasteiger partial charge is 0.191 e. The van der Waals surface area contributed by atoms with E-state index >= 15 is 0 Å². The molecule has 20 heavy (non-hydrogen) atoms. The van der Waals surface area contributed by atoms with E-state index < -0.39 is 0 Å². The first-order valence-corrected chi connectivity index (χ1v) is 6.95. The van der Waals surface area contributed by atoms with E-state index in [1.807, 2.05) is 6.07 Å². The van der Waals surface area contributed by atoms with E-state index in [0.717, 1.165) is 31.2 Å². The number of aliphatic imine (C=N–C) groups is 1. The number of nitrogens with zero attached hydrogens (tertiary/aromatic N) is 2. The van der Waals surface area contributed by atoms with Crippen molar-refractivity contribution in [3.05, 3.63) is 35.1 Å². The van der Waals surface area contributed by atoms with E-state index in [9.17, 15) is 4.39 Å². The van der Waals surface area contributed by atoms with Crippen molar-refractivity contribution in [3.63, 3.8) is 0 Å². The summed E-state index contributed by atoms with van der Waals surface area (Å²) in [6.45, 7) is 7.36. The number of nitrogens with one attached hydrogen (secondary N) is 2. The molecule has 2 N–H and O–H groups in total. The lowest BCUT2D eigenvalue weighted by molar-refractivity contribution is 0.357. The molecule has 112 valence electrons. The van der Waals surface area contributed by atoms with E-state index in [1.54, 1.807) is 20.0 Å². The summed E-state index contributed by atoms with van der Waals surface area (Å²) in [6.07, 6.45) is 0. The summed E-state index contributed by atoms with van der Waals surface area (Å²) in [5.41, 5.74) is 1.70. The van der Waals surface area contributed by atoms with Crippen LogP contribution in [0.1, 0.15) is 18.1 Å². The maximum Gasteiger partial charge on any atom is 0.191 e. The molecule has 1 aromatic rings. The Balaban J connectivity index is 2.39. The Morgan fingerprint density at radius 3 is 2.70 bits per heavy atom. The number of hydrogen-bond donors (Lipinski definition) is 2. The number of benzene rings is 1. The molecule has 0 heterocycles. The van der Waals surface area contributed by atoms with Gasteiger partial charge in [-0.2, -0.15) is 0 Å². The molecule has 0 aliphatic heterocycles. The van der Waals surface area contributed by atoms with Gasteiger partial charge in [0.15, 0.2) is 5.96 Å². The molecule has 0 aliphatic rings. The Morgan fingerprint density at radius 2 is 2.10 bits per heavy atom. The van der Waals surface area contributed by atoms with Crippen LogP contribution in [0.3, 0.4) is 0 Å². The number of guanidine groups is 1. The lowest BCUT2D eigenvalue weighted by Crippen LogP contribution is -2.40. The van der Waals surface area contributed by atoms with Gasteiger partial charge in [0.25, 0.3) is 0 Å². The number of rotatable bonds is 6. The number of aryl methyl sites for hydroxylation is 1. The highest BCUT2D eigenvalue weighted by atomic mass is 19.1. The van der Waals surface area contributed by atoms with E-state index in [-0.39, 0.29) is 5.82 Å². The molecule has 0 atom stereocenters. The van der Waals surface area contributed by atoms with E-state index in [4.69, 9.17) is 0 Å². The van der Waals surface area contributed by atoms with Gasteiger partial charge in [0, 0.05) is 26.7 Å². The summed E-state index contributed by atoms with van der Waals surface area (Å²) < 4.78 is 13.2. The summed E-state index contributed by atoms with van der Waals surface area (Å²) in [5, 5.41) is 6.48. The molecule has 0 saturated heterocycles. The zero-order valence-electron chi connectivity index (χ0n) is 12.8. The van der Waals surface area contributed by atoms with Crippen LogP contribution in [0.4, 0.5) is 4.39 Å². The SMILES string of the molecule is CCN(C)CCNC(=NC)NCc1ccc(F)c(C)c1. The maximum absolute atomic E-state index is 13.2. The van der Waals surface area contributed by atoms with Crippen molar-refractivity contribution in [2.75, 3.05) is 33.7 Å². The van der Waals surface area contributed by atoms with Crippen LogP contribution < -0.4 is 10.6 Å². The van der Waals surface area contributed by atoms with Gasteiger partial charge in [0.2, 0.25) is 0 Å². The van der Waals surface area contributed by atoms with E-state index in [1.165, 1.54) is 6.07 Å². The van der Waals surface area contributed by atoms with Crippen molar-refractivity contribution >= 4 is 5.96 Å². The van der Waals surface area contributed by atoms with Gasteiger partial charge in [-0.3, -0.25) is 4.99 Å². The summed E-state index contributed by atoms with van der Waals surface area (Å²) >= 11 is 0. The third-order valence-electron chi connectivity index (χ3n) is 3.23. The minimum absolute atomic E-state index is 0.168. The third-order valence-corrected chi connectivity index (χ3v) is 3.23. The highest BCUT2D eigenvalue weighted by molar-refractivity contribution is 5.79. The lowest BCUT2D eigenvalue weighted by Gasteiger charge is -2.16. The maximum atomic E-state index is 13.2. The average molecular weight is 280 g/mol. The molecule has 0 spiro atoms. The summed E-state index contributed by atoms with van der Waals surface area (Å²) in [5.74, 6) is 0.593. The number of likely N-dealkylation sites (N-methyl/N-ethyl adjacent to an activating group) is 1. The molecule has 0 bridgehead atoms. The number of halogens is 1. The minimum Gasteiger partial charge on any atom is -0.355 e. The summed E-state index contributed by atoms with van der Waals surface area (Å²) in [7, 11) is 3.83. The van der Waals surface area contributed by atoms with E-state index in [0.29, 0.717) is 12.1 Å². The van der Waals surface area contributed by atoms with Gasteiger partial charge >= 0.3 is 0 Å². The Labute approximate surface area is 121 Å². The molecule has 0 saturated carbocycles. The molecule has 0 amide bonds. The second-order valence-electron chi connectivity index (χ2n) is 4.83. The zero-order chi connectivity index (χ0) is 15.0. The van der Waals surface area contributed by atoms with Gasteiger partial charge < -0.3 is 15.5 Å². The van der Waals surface area contributed by atoms with Crippen molar-refractivity contribution in [3.8, 4) is 0 Å². The predicted molar refractivity (Wildman–Crippen MR) is 82.5 cm³/mol. The largest absolute Gasteiger partial charge is 0.355 e. The van der Waals surface area contributed by atoms with Gasteiger partial charge in [-0.15, -0.1) is 0 Å². The molecule has 4 nitrogen and oxygen atoms in total. The number of hydrogen-bond acceptors (Lipinski definition) is 2. The van der Waals surface area contributed by atoms with Crippen LogP contribution in [0.5, 0.6) is 0 Å². The van der Waals surface area contributed by atoms with Crippen LogP contribution in [0.25, 0.3) is 0 Å². The molecular weight excluding hydrogens is 255 g/mol. The standard InChI is InChI=1S/C15H25FN4/c1-5-20(4)9-8-18-15(17-3)19-11-13-6-7-14(16)12(2)10-13/h6-7,10H,5,8-9,11H2,1-4H3,(H2,17,18,19). The Bertz CT molecular complexity index is 445. The van der Waals surface area contributed by atoms with Crippen LogP contribution in [-0.4, -0.2) is 44.6 Å². The van der Waals surface area contributed by atoms with Crippen LogP contribution in [0.2, 0.25) is 0 Å². The second kappa shape index (κ2) is 8.53. The zero-order valence-corrected chi connectivity index (χ0v) is 12.8. The van der Waals surface area contributed by atoms with Crippen LogP contribution in [0.15, 0.2) is 23.2 Å². The first kappa shape index (κ1) is 16.4. The van der Waals surface area contributed by atoms with Crippen LogP contribution in [-0.2, 0) is 6.54 Å². The highest BCUT2D eigenvalue weighted by Crippen LogP contribution is 2.08. The quantitative estimate of drug-likeness (QED) is 0.616. The minimum atomic E-state index is -0.168. The molecule has 0 fully saturated rings. The van der Waals surface area contributed by atoms with Crippen molar-refractivity contribution in [1.82, 2.24) is 15.5 Å². The average Bonchev–Trinajstić information content (AvgIpc) is 2.45. The fraction of sp³-hybridized carbons (Fsp3) is 0.533. The Hall–Kier alpha value is -1.62. The second-order valence-corrected chi connectivity index (χ2v) is 4.83. The molecule has 5 heteroatoms. The van der Waals surface area contributed by atoms with Crippen molar-refractivity contribution in [1.29, 1.82) is 0 Å². The molecule has 1 aromatic carbocycles. The van der Waals surface area contributed by atoms with Crippen molar-refractivity contribution in [2.45, 2.75) is 20.4 Å². The monoisotopic (exact) mass is 280 g/mol. The fourth-order valence-corrected chi connectivity index (χ4v) is 1.75. The molecule has 0 aromatic heterocycles. The van der Waals surface area contributed by atoms with Crippen LogP contribution >= 0.6 is 0 Å². The van der Waals surface area contributed by atoms with Crippen molar-refractivity contribution < 1.29 is 4.39 Å². The Kier molecular flexibility index (Phi) is 7.01. The predicted octanol–water partition coefficient (Wildman–Crippen LogP) is 1.75. The van der Waals surface area contributed by atoms with Gasteiger partial charge in [-0.1, -0.05) is 19.1 Å². The lowest BCUT2D eigenvalue weighted by atomic mass is 10.1. The molecular formula is C15H25FN4.